The van der Waals surface area contributed by atoms with Crippen LogP contribution in [0.2, 0.25) is 0 Å². The average molecular weight is 474 g/mol. The number of H-pyrrole nitrogens is 1. The number of anilines is 1. The first-order valence-corrected chi connectivity index (χ1v) is 11.3. The summed E-state index contributed by atoms with van der Waals surface area (Å²) in [5.41, 5.74) is 7.75. The average Bonchev–Trinajstić information content (AvgIpc) is 3.15. The quantitative estimate of drug-likeness (QED) is 0.333. The van der Waals surface area contributed by atoms with E-state index in [-0.39, 0.29) is 12.1 Å². The molecular formula is C26H24BrN3O. The number of nitrogens with one attached hydrogen (secondary N) is 2. The number of benzene rings is 3. The van der Waals surface area contributed by atoms with Crippen LogP contribution in [0.25, 0.3) is 10.9 Å². The van der Waals surface area contributed by atoms with E-state index in [4.69, 9.17) is 0 Å². The zero-order valence-electron chi connectivity index (χ0n) is 17.6. The molecule has 4 aromatic rings. The molecule has 1 aliphatic rings. The molecule has 1 atom stereocenters. The summed E-state index contributed by atoms with van der Waals surface area (Å²) in [5.74, 6) is 0. The maximum Gasteiger partial charge on any atom is 0.322 e. The lowest BCUT2D eigenvalue weighted by atomic mass is 9.92. The van der Waals surface area contributed by atoms with Crippen LogP contribution in [0, 0.1) is 13.8 Å². The van der Waals surface area contributed by atoms with E-state index in [1.807, 2.05) is 36.1 Å². The number of carbonyl (C=O) groups excluding carboxylic acids is 1. The Morgan fingerprint density at radius 2 is 1.84 bits per heavy atom. The van der Waals surface area contributed by atoms with Gasteiger partial charge in [0.15, 0.2) is 0 Å². The summed E-state index contributed by atoms with van der Waals surface area (Å²) in [5, 5.41) is 4.36. The van der Waals surface area contributed by atoms with E-state index >= 15 is 0 Å². The van der Waals surface area contributed by atoms with Crippen LogP contribution >= 0.6 is 15.9 Å². The number of hydrogen-bond donors (Lipinski definition) is 2. The van der Waals surface area contributed by atoms with Gasteiger partial charge in [0.1, 0.15) is 0 Å². The molecule has 156 valence electrons. The molecule has 2 heterocycles. The van der Waals surface area contributed by atoms with Gasteiger partial charge >= 0.3 is 6.03 Å². The minimum atomic E-state index is -0.159. The third kappa shape index (κ3) is 3.63. The summed E-state index contributed by atoms with van der Waals surface area (Å²) >= 11 is 3.53. The Morgan fingerprint density at radius 1 is 1.06 bits per heavy atom. The standard InChI is InChI=1S/C26H24BrN3O/c1-16-7-9-18(10-8-16)25-24-21(20-5-3-4-6-23(20)29-24)13-14-30(25)26(31)28-19-11-12-22(27)17(2)15-19/h3-12,15,25,29H,13-14H2,1-2H3,(H,28,31). The number of fused-ring (bicyclic) bond motifs is 3. The third-order valence-corrected chi connectivity index (χ3v) is 6.99. The van der Waals surface area contributed by atoms with Gasteiger partial charge in [-0.3, -0.25) is 0 Å². The Morgan fingerprint density at radius 3 is 2.61 bits per heavy atom. The predicted molar refractivity (Wildman–Crippen MR) is 130 cm³/mol. The Bertz CT molecular complexity index is 1280. The van der Waals surface area contributed by atoms with Gasteiger partial charge in [0, 0.05) is 33.3 Å². The van der Waals surface area contributed by atoms with Crippen molar-refractivity contribution in [2.75, 3.05) is 11.9 Å². The molecule has 0 bridgehead atoms. The van der Waals surface area contributed by atoms with Gasteiger partial charge < -0.3 is 15.2 Å². The number of amides is 2. The van der Waals surface area contributed by atoms with Crippen molar-refractivity contribution in [3.63, 3.8) is 0 Å². The molecule has 0 radical (unpaired) electrons. The minimum absolute atomic E-state index is 0.0865. The highest BCUT2D eigenvalue weighted by atomic mass is 79.9. The highest BCUT2D eigenvalue weighted by Gasteiger charge is 2.34. The number of halogens is 1. The van der Waals surface area contributed by atoms with Crippen LogP contribution in [-0.4, -0.2) is 22.5 Å². The number of rotatable bonds is 2. The summed E-state index contributed by atoms with van der Waals surface area (Å²) in [6.07, 6.45) is 0.828. The summed E-state index contributed by atoms with van der Waals surface area (Å²) in [6, 6.07) is 22.5. The van der Waals surface area contributed by atoms with Gasteiger partial charge in [-0.1, -0.05) is 64.0 Å². The van der Waals surface area contributed by atoms with Crippen LogP contribution in [-0.2, 0) is 6.42 Å². The van der Waals surface area contributed by atoms with E-state index in [9.17, 15) is 4.79 Å². The minimum Gasteiger partial charge on any atom is -0.356 e. The molecule has 31 heavy (non-hydrogen) atoms. The Balaban J connectivity index is 1.56. The zero-order chi connectivity index (χ0) is 21.5. The Kier molecular flexibility index (Phi) is 5.06. The first-order valence-electron chi connectivity index (χ1n) is 10.5. The highest BCUT2D eigenvalue weighted by Crippen LogP contribution is 2.38. The fourth-order valence-electron chi connectivity index (χ4n) is 4.47. The van der Waals surface area contributed by atoms with E-state index in [0.717, 1.165) is 38.9 Å². The van der Waals surface area contributed by atoms with Gasteiger partial charge in [0.05, 0.1) is 6.04 Å². The largest absolute Gasteiger partial charge is 0.356 e. The zero-order valence-corrected chi connectivity index (χ0v) is 19.2. The normalized spacial score (nSPS) is 15.7. The molecule has 3 aromatic carbocycles. The molecule has 5 heteroatoms. The first kappa shape index (κ1) is 19.9. The SMILES string of the molecule is Cc1ccc(C2c3[nH]c4ccccc4c3CCN2C(=O)Nc2ccc(Br)c(C)c2)cc1. The third-order valence-electron chi connectivity index (χ3n) is 6.10. The highest BCUT2D eigenvalue weighted by molar-refractivity contribution is 9.10. The molecule has 5 rings (SSSR count). The monoisotopic (exact) mass is 473 g/mol. The summed E-state index contributed by atoms with van der Waals surface area (Å²) in [4.78, 5) is 19.0. The van der Waals surface area contributed by atoms with Crippen LogP contribution in [0.1, 0.15) is 34.0 Å². The van der Waals surface area contributed by atoms with Crippen LogP contribution in [0.15, 0.2) is 71.2 Å². The van der Waals surface area contributed by atoms with E-state index in [2.05, 4.69) is 75.6 Å². The van der Waals surface area contributed by atoms with Crippen molar-refractivity contribution < 1.29 is 4.79 Å². The van der Waals surface area contributed by atoms with Crippen molar-refractivity contribution in [2.45, 2.75) is 26.3 Å². The second kappa shape index (κ2) is 7.89. The molecule has 0 fully saturated rings. The number of urea groups is 1. The molecule has 0 spiro atoms. The van der Waals surface area contributed by atoms with Crippen molar-refractivity contribution in [3.8, 4) is 0 Å². The molecule has 1 aliphatic heterocycles. The summed E-state index contributed by atoms with van der Waals surface area (Å²) < 4.78 is 1.03. The molecular weight excluding hydrogens is 450 g/mol. The molecule has 2 amide bonds. The van der Waals surface area contributed by atoms with Crippen LogP contribution in [0.4, 0.5) is 10.5 Å². The molecule has 2 N–H and O–H groups in total. The Hall–Kier alpha value is -3.05. The van der Waals surface area contributed by atoms with E-state index in [1.54, 1.807) is 0 Å². The fourth-order valence-corrected chi connectivity index (χ4v) is 4.72. The number of aryl methyl sites for hydroxylation is 2. The van der Waals surface area contributed by atoms with Gasteiger partial charge in [-0.25, -0.2) is 4.79 Å². The lowest BCUT2D eigenvalue weighted by molar-refractivity contribution is 0.193. The summed E-state index contributed by atoms with van der Waals surface area (Å²) in [7, 11) is 0. The van der Waals surface area contributed by atoms with Crippen LogP contribution in [0.3, 0.4) is 0 Å². The van der Waals surface area contributed by atoms with E-state index in [0.29, 0.717) is 6.54 Å². The van der Waals surface area contributed by atoms with Crippen molar-refractivity contribution >= 4 is 38.6 Å². The Labute approximate surface area is 190 Å². The number of aromatic nitrogens is 1. The molecule has 0 saturated heterocycles. The van der Waals surface area contributed by atoms with Gasteiger partial charge in [-0.05, 0) is 61.2 Å². The van der Waals surface area contributed by atoms with Gasteiger partial charge in [-0.2, -0.15) is 0 Å². The first-order chi connectivity index (χ1) is 15.0. The predicted octanol–water partition coefficient (Wildman–Crippen LogP) is 6.73. The van der Waals surface area contributed by atoms with Crippen molar-refractivity contribution in [3.05, 3.63) is 99.2 Å². The molecule has 0 aliphatic carbocycles. The maximum atomic E-state index is 13.4. The molecule has 4 nitrogen and oxygen atoms in total. The van der Waals surface area contributed by atoms with Gasteiger partial charge in [-0.15, -0.1) is 0 Å². The van der Waals surface area contributed by atoms with Crippen LogP contribution in [0.5, 0.6) is 0 Å². The molecule has 1 unspecified atom stereocenters. The van der Waals surface area contributed by atoms with Crippen molar-refractivity contribution in [2.24, 2.45) is 0 Å². The number of carbonyl (C=O) groups is 1. The smallest absolute Gasteiger partial charge is 0.322 e. The topological polar surface area (TPSA) is 48.1 Å². The number of nitrogens with zero attached hydrogens (tertiary/aromatic N) is 1. The maximum absolute atomic E-state index is 13.4. The van der Waals surface area contributed by atoms with Crippen molar-refractivity contribution in [1.82, 2.24) is 9.88 Å². The van der Waals surface area contributed by atoms with E-state index in [1.165, 1.54) is 16.5 Å². The number of aromatic amines is 1. The van der Waals surface area contributed by atoms with Crippen LogP contribution < -0.4 is 5.32 Å². The molecule has 1 aromatic heterocycles. The fraction of sp³-hybridized carbons (Fsp3) is 0.192. The molecule has 0 saturated carbocycles. The van der Waals surface area contributed by atoms with E-state index < -0.39 is 0 Å². The number of para-hydroxylation sites is 1. The lowest BCUT2D eigenvalue weighted by Crippen LogP contribution is -2.43. The second-order valence-corrected chi connectivity index (χ2v) is 9.07. The summed E-state index contributed by atoms with van der Waals surface area (Å²) in [6.45, 7) is 4.76. The lowest BCUT2D eigenvalue weighted by Gasteiger charge is -2.36. The van der Waals surface area contributed by atoms with Crippen molar-refractivity contribution in [1.29, 1.82) is 0 Å². The van der Waals surface area contributed by atoms with Gasteiger partial charge in [0.25, 0.3) is 0 Å². The second-order valence-electron chi connectivity index (χ2n) is 8.21. The number of hydrogen-bond acceptors (Lipinski definition) is 1. The van der Waals surface area contributed by atoms with Gasteiger partial charge in [0.2, 0.25) is 0 Å².